The summed E-state index contributed by atoms with van der Waals surface area (Å²) >= 11 is 6.06. The lowest BCUT2D eigenvalue weighted by Crippen LogP contribution is -2.48. The van der Waals surface area contributed by atoms with Gasteiger partial charge in [-0.05, 0) is 31.0 Å². The highest BCUT2D eigenvalue weighted by atomic mass is 35.5. The SMILES string of the molecule is CCCNC(=O)[C@@H](C)N(Cc1ccccc1)C(=O)Cc1c(F)cccc1Cl. The van der Waals surface area contributed by atoms with E-state index in [1.54, 1.807) is 13.0 Å². The standard InChI is InChI=1S/C21H24ClFN2O2/c1-3-12-24-21(27)15(2)25(14-16-8-5-4-6-9-16)20(26)13-17-18(22)10-7-11-19(17)23/h4-11,15H,3,12-14H2,1-2H3,(H,24,27)/t15-/m1/s1. The molecule has 0 aliphatic carbocycles. The number of carbonyl (C=O) groups is 2. The number of nitrogens with one attached hydrogen (secondary N) is 1. The van der Waals surface area contributed by atoms with Crippen molar-refractivity contribution in [1.82, 2.24) is 10.2 Å². The molecule has 1 N–H and O–H groups in total. The van der Waals surface area contributed by atoms with Crippen molar-refractivity contribution in [1.29, 1.82) is 0 Å². The van der Waals surface area contributed by atoms with Crippen LogP contribution in [0.3, 0.4) is 0 Å². The smallest absolute Gasteiger partial charge is 0.242 e. The quantitative estimate of drug-likeness (QED) is 0.741. The zero-order valence-electron chi connectivity index (χ0n) is 15.5. The molecule has 27 heavy (non-hydrogen) atoms. The average molecular weight is 391 g/mol. The molecule has 0 aliphatic rings. The third-order valence-electron chi connectivity index (χ3n) is 4.30. The molecule has 0 heterocycles. The third kappa shape index (κ3) is 5.79. The van der Waals surface area contributed by atoms with Crippen LogP contribution in [0.4, 0.5) is 4.39 Å². The predicted molar refractivity (Wildman–Crippen MR) is 105 cm³/mol. The van der Waals surface area contributed by atoms with Gasteiger partial charge >= 0.3 is 0 Å². The van der Waals surface area contributed by atoms with E-state index in [4.69, 9.17) is 11.6 Å². The zero-order chi connectivity index (χ0) is 19.8. The van der Waals surface area contributed by atoms with Crippen molar-refractivity contribution in [3.8, 4) is 0 Å². The third-order valence-corrected chi connectivity index (χ3v) is 4.66. The Labute approximate surface area is 164 Å². The zero-order valence-corrected chi connectivity index (χ0v) is 16.3. The molecule has 2 rings (SSSR count). The van der Waals surface area contributed by atoms with Gasteiger partial charge in [0.25, 0.3) is 0 Å². The van der Waals surface area contributed by atoms with Gasteiger partial charge in [-0.15, -0.1) is 0 Å². The minimum atomic E-state index is -0.685. The van der Waals surface area contributed by atoms with Crippen molar-refractivity contribution in [2.75, 3.05) is 6.54 Å². The first-order valence-corrected chi connectivity index (χ1v) is 9.35. The second-order valence-corrected chi connectivity index (χ2v) is 6.76. The summed E-state index contributed by atoms with van der Waals surface area (Å²) in [6.45, 7) is 4.43. The maximum Gasteiger partial charge on any atom is 0.242 e. The predicted octanol–water partition coefficient (Wildman–Crippen LogP) is 3.97. The van der Waals surface area contributed by atoms with Gasteiger partial charge in [-0.2, -0.15) is 0 Å². The lowest BCUT2D eigenvalue weighted by Gasteiger charge is -2.29. The average Bonchev–Trinajstić information content (AvgIpc) is 2.67. The molecular weight excluding hydrogens is 367 g/mol. The fourth-order valence-corrected chi connectivity index (χ4v) is 2.94. The Morgan fingerprint density at radius 1 is 1.15 bits per heavy atom. The summed E-state index contributed by atoms with van der Waals surface area (Å²) in [5.74, 6) is -1.12. The summed E-state index contributed by atoms with van der Waals surface area (Å²) in [4.78, 5) is 26.8. The van der Waals surface area contributed by atoms with E-state index in [1.807, 2.05) is 37.3 Å². The fourth-order valence-electron chi connectivity index (χ4n) is 2.71. The first-order valence-electron chi connectivity index (χ1n) is 8.98. The number of carbonyl (C=O) groups excluding carboxylic acids is 2. The molecule has 1 atom stereocenters. The summed E-state index contributed by atoms with van der Waals surface area (Å²) in [7, 11) is 0. The maximum absolute atomic E-state index is 14.1. The van der Waals surface area contributed by atoms with Crippen LogP contribution in [0, 0.1) is 5.82 Å². The maximum atomic E-state index is 14.1. The van der Waals surface area contributed by atoms with Gasteiger partial charge in [-0.1, -0.05) is 54.9 Å². The van der Waals surface area contributed by atoms with Crippen LogP contribution in [-0.2, 0) is 22.6 Å². The van der Waals surface area contributed by atoms with Crippen molar-refractivity contribution in [3.63, 3.8) is 0 Å². The lowest BCUT2D eigenvalue weighted by molar-refractivity contribution is -0.140. The molecule has 0 radical (unpaired) electrons. The summed E-state index contributed by atoms with van der Waals surface area (Å²) in [6.07, 6.45) is 0.597. The number of hydrogen-bond acceptors (Lipinski definition) is 2. The van der Waals surface area contributed by atoms with Gasteiger partial charge in [-0.25, -0.2) is 4.39 Å². The van der Waals surface area contributed by atoms with Gasteiger partial charge in [0.05, 0.1) is 6.42 Å². The Bertz CT molecular complexity index is 763. The van der Waals surface area contributed by atoms with Crippen molar-refractivity contribution < 1.29 is 14.0 Å². The van der Waals surface area contributed by atoms with Crippen molar-refractivity contribution in [3.05, 3.63) is 70.5 Å². The van der Waals surface area contributed by atoms with E-state index in [0.717, 1.165) is 12.0 Å². The van der Waals surface area contributed by atoms with Crippen LogP contribution in [-0.4, -0.2) is 29.3 Å². The van der Waals surface area contributed by atoms with Gasteiger partial charge in [-0.3, -0.25) is 9.59 Å². The van der Waals surface area contributed by atoms with Crippen LogP contribution >= 0.6 is 11.6 Å². The van der Waals surface area contributed by atoms with E-state index < -0.39 is 11.9 Å². The fraction of sp³-hybridized carbons (Fsp3) is 0.333. The van der Waals surface area contributed by atoms with Crippen LogP contribution in [0.1, 0.15) is 31.4 Å². The largest absolute Gasteiger partial charge is 0.354 e. The highest BCUT2D eigenvalue weighted by Crippen LogP contribution is 2.21. The molecule has 0 aromatic heterocycles. The van der Waals surface area contributed by atoms with Crippen LogP contribution < -0.4 is 5.32 Å². The molecule has 0 saturated carbocycles. The minimum Gasteiger partial charge on any atom is -0.354 e. The minimum absolute atomic E-state index is 0.142. The number of benzene rings is 2. The molecule has 0 aliphatic heterocycles. The van der Waals surface area contributed by atoms with Crippen LogP contribution in [0.25, 0.3) is 0 Å². The Morgan fingerprint density at radius 3 is 2.48 bits per heavy atom. The van der Waals surface area contributed by atoms with Gasteiger partial charge in [0.2, 0.25) is 11.8 Å². The molecule has 6 heteroatoms. The lowest BCUT2D eigenvalue weighted by atomic mass is 10.1. The Morgan fingerprint density at radius 2 is 1.85 bits per heavy atom. The van der Waals surface area contributed by atoms with Crippen molar-refractivity contribution in [2.24, 2.45) is 0 Å². The number of hydrogen-bond donors (Lipinski definition) is 1. The Balaban J connectivity index is 2.24. The molecule has 4 nitrogen and oxygen atoms in total. The second kappa shape index (κ2) is 10.1. The summed E-state index contributed by atoms with van der Waals surface area (Å²) in [5, 5.41) is 3.01. The first kappa shape index (κ1) is 20.9. The molecule has 0 fully saturated rings. The van der Waals surface area contributed by atoms with Crippen LogP contribution in [0.5, 0.6) is 0 Å². The molecule has 0 bridgehead atoms. The molecule has 2 aromatic rings. The van der Waals surface area contributed by atoms with E-state index in [9.17, 15) is 14.0 Å². The van der Waals surface area contributed by atoms with E-state index in [-0.39, 0.29) is 35.4 Å². The van der Waals surface area contributed by atoms with E-state index >= 15 is 0 Å². The monoisotopic (exact) mass is 390 g/mol. The van der Waals surface area contributed by atoms with Gasteiger partial charge < -0.3 is 10.2 Å². The van der Waals surface area contributed by atoms with E-state index in [0.29, 0.717) is 6.54 Å². The molecule has 2 aromatic carbocycles. The normalized spacial score (nSPS) is 11.7. The second-order valence-electron chi connectivity index (χ2n) is 6.35. The summed E-state index contributed by atoms with van der Waals surface area (Å²) in [6, 6.07) is 13.0. The summed E-state index contributed by atoms with van der Waals surface area (Å²) < 4.78 is 14.1. The number of nitrogens with zero attached hydrogens (tertiary/aromatic N) is 1. The highest BCUT2D eigenvalue weighted by molar-refractivity contribution is 6.31. The van der Waals surface area contributed by atoms with Crippen molar-refractivity contribution in [2.45, 2.75) is 39.3 Å². The summed E-state index contributed by atoms with van der Waals surface area (Å²) in [5.41, 5.74) is 1.03. The van der Waals surface area contributed by atoms with Gasteiger partial charge in [0.1, 0.15) is 11.9 Å². The van der Waals surface area contributed by atoms with Gasteiger partial charge in [0.15, 0.2) is 0 Å². The number of amides is 2. The number of halogens is 2. The topological polar surface area (TPSA) is 49.4 Å². The molecule has 0 spiro atoms. The molecular formula is C21H24ClFN2O2. The van der Waals surface area contributed by atoms with Crippen LogP contribution in [0.15, 0.2) is 48.5 Å². The van der Waals surface area contributed by atoms with E-state index in [1.165, 1.54) is 17.0 Å². The highest BCUT2D eigenvalue weighted by Gasteiger charge is 2.27. The number of rotatable bonds is 8. The molecule has 0 unspecified atom stereocenters. The molecule has 2 amide bonds. The Kier molecular flexibility index (Phi) is 7.80. The van der Waals surface area contributed by atoms with Crippen LogP contribution in [0.2, 0.25) is 5.02 Å². The first-order chi connectivity index (χ1) is 12.9. The van der Waals surface area contributed by atoms with E-state index in [2.05, 4.69) is 5.32 Å². The molecule has 0 saturated heterocycles. The molecule has 144 valence electrons. The Hall–Kier alpha value is -2.40. The van der Waals surface area contributed by atoms with Crippen molar-refractivity contribution >= 4 is 23.4 Å². The van der Waals surface area contributed by atoms with Gasteiger partial charge in [0, 0.05) is 23.7 Å².